The predicted molar refractivity (Wildman–Crippen MR) is 121 cm³/mol. The molecule has 0 radical (unpaired) electrons. The zero-order chi connectivity index (χ0) is 23.3. The largest absolute Gasteiger partial charge is 0.481 e. The zero-order valence-corrected chi connectivity index (χ0v) is 18.7. The highest BCUT2D eigenvalue weighted by molar-refractivity contribution is 5.89. The third kappa shape index (κ3) is 5.10. The van der Waals surface area contributed by atoms with E-state index >= 15 is 0 Å². The van der Waals surface area contributed by atoms with Crippen LogP contribution in [0.3, 0.4) is 0 Å². The molecule has 0 aromatic heterocycles. The Morgan fingerprint density at radius 2 is 1.62 bits per heavy atom. The fourth-order valence-corrected chi connectivity index (χ4v) is 4.00. The Morgan fingerprint density at radius 3 is 2.16 bits per heavy atom. The molecule has 2 unspecified atom stereocenters. The highest BCUT2D eigenvalue weighted by Gasteiger charge is 2.35. The van der Waals surface area contributed by atoms with Crippen molar-refractivity contribution in [2.24, 2.45) is 5.92 Å². The fraction of sp³-hybridized carbons (Fsp3) is 0.400. The molecular formula is C25H30N2O5. The monoisotopic (exact) mass is 438 g/mol. The SMILES string of the molecule is CCC(C)(NC(=O)OCC1c2ccccc2-c2ccccc21)C(=O)NCC(C)CC(=O)O. The number of benzene rings is 2. The van der Waals surface area contributed by atoms with Crippen LogP contribution in [0.25, 0.3) is 11.1 Å². The summed E-state index contributed by atoms with van der Waals surface area (Å²) in [4.78, 5) is 36.1. The Kier molecular flexibility index (Phi) is 7.18. The lowest BCUT2D eigenvalue weighted by Gasteiger charge is -2.28. The van der Waals surface area contributed by atoms with Gasteiger partial charge in [-0.25, -0.2) is 4.79 Å². The minimum Gasteiger partial charge on any atom is -0.481 e. The average Bonchev–Trinajstić information content (AvgIpc) is 3.09. The predicted octanol–water partition coefficient (Wildman–Crippen LogP) is 3.92. The second-order valence-electron chi connectivity index (χ2n) is 8.55. The third-order valence-corrected chi connectivity index (χ3v) is 6.06. The number of carbonyl (C=O) groups excluding carboxylic acids is 2. The summed E-state index contributed by atoms with van der Waals surface area (Å²) < 4.78 is 5.56. The first-order chi connectivity index (χ1) is 15.2. The van der Waals surface area contributed by atoms with Crippen LogP contribution in [0, 0.1) is 5.92 Å². The van der Waals surface area contributed by atoms with Gasteiger partial charge in [0.2, 0.25) is 5.91 Å². The van der Waals surface area contributed by atoms with Crippen molar-refractivity contribution in [3.05, 3.63) is 59.7 Å². The van der Waals surface area contributed by atoms with Gasteiger partial charge in [-0.1, -0.05) is 62.4 Å². The van der Waals surface area contributed by atoms with Gasteiger partial charge in [0.1, 0.15) is 12.1 Å². The van der Waals surface area contributed by atoms with Crippen LogP contribution in [-0.2, 0) is 14.3 Å². The average molecular weight is 439 g/mol. The molecule has 0 aliphatic heterocycles. The van der Waals surface area contributed by atoms with Crippen LogP contribution >= 0.6 is 0 Å². The van der Waals surface area contributed by atoms with Gasteiger partial charge in [0.05, 0.1) is 0 Å². The summed E-state index contributed by atoms with van der Waals surface area (Å²) in [6.45, 7) is 5.55. The summed E-state index contributed by atoms with van der Waals surface area (Å²) in [5.74, 6) is -1.56. The van der Waals surface area contributed by atoms with Crippen molar-refractivity contribution in [1.29, 1.82) is 0 Å². The number of carboxylic acids is 1. The van der Waals surface area contributed by atoms with Gasteiger partial charge < -0.3 is 20.5 Å². The van der Waals surface area contributed by atoms with Crippen LogP contribution in [0.5, 0.6) is 0 Å². The Balaban J connectivity index is 1.61. The van der Waals surface area contributed by atoms with E-state index in [-0.39, 0.29) is 37.3 Å². The summed E-state index contributed by atoms with van der Waals surface area (Å²) >= 11 is 0. The third-order valence-electron chi connectivity index (χ3n) is 6.06. The van der Waals surface area contributed by atoms with Gasteiger partial charge in [0.25, 0.3) is 0 Å². The number of carboxylic acid groups (broad SMARTS) is 1. The Hall–Kier alpha value is -3.35. The van der Waals surface area contributed by atoms with Crippen LogP contribution in [0.1, 0.15) is 50.7 Å². The standard InChI is InChI=1S/C25H30N2O5/c1-4-25(3,23(30)26-14-16(2)13-22(28)29)27-24(31)32-15-21-19-11-7-5-9-17(19)18-10-6-8-12-20(18)21/h5-12,16,21H,4,13-15H2,1-3H3,(H,26,30)(H,27,31)(H,28,29). The molecule has 0 heterocycles. The van der Waals surface area contributed by atoms with E-state index in [4.69, 9.17) is 9.84 Å². The van der Waals surface area contributed by atoms with E-state index in [2.05, 4.69) is 22.8 Å². The van der Waals surface area contributed by atoms with Crippen molar-refractivity contribution in [3.63, 3.8) is 0 Å². The molecule has 3 rings (SSSR count). The highest BCUT2D eigenvalue weighted by atomic mass is 16.5. The molecule has 170 valence electrons. The number of carbonyl (C=O) groups is 3. The fourth-order valence-electron chi connectivity index (χ4n) is 4.00. The van der Waals surface area contributed by atoms with Crippen LogP contribution < -0.4 is 10.6 Å². The second-order valence-corrected chi connectivity index (χ2v) is 8.55. The highest BCUT2D eigenvalue weighted by Crippen LogP contribution is 2.44. The van der Waals surface area contributed by atoms with Gasteiger partial charge in [-0.15, -0.1) is 0 Å². The summed E-state index contributed by atoms with van der Waals surface area (Å²) in [5.41, 5.74) is 3.36. The number of nitrogens with one attached hydrogen (secondary N) is 2. The maximum absolute atomic E-state index is 12.7. The number of hydrogen-bond acceptors (Lipinski definition) is 4. The van der Waals surface area contributed by atoms with Gasteiger partial charge in [-0.2, -0.15) is 0 Å². The lowest BCUT2D eigenvalue weighted by Crippen LogP contribution is -2.57. The molecule has 2 atom stereocenters. The smallest absolute Gasteiger partial charge is 0.408 e. The molecule has 2 aromatic rings. The Labute approximate surface area is 188 Å². The number of amides is 2. The lowest BCUT2D eigenvalue weighted by atomic mass is 9.97. The van der Waals surface area contributed by atoms with Gasteiger partial charge >= 0.3 is 12.1 Å². The van der Waals surface area contributed by atoms with Crippen LogP contribution in [-0.4, -0.2) is 41.8 Å². The normalized spacial score (nSPS) is 15.1. The number of ether oxygens (including phenoxy) is 1. The second kappa shape index (κ2) is 9.85. The summed E-state index contributed by atoms with van der Waals surface area (Å²) in [6, 6.07) is 16.2. The van der Waals surface area contributed by atoms with Crippen LogP contribution in [0.2, 0.25) is 0 Å². The number of rotatable bonds is 9. The molecule has 0 bridgehead atoms. The van der Waals surface area contributed by atoms with Gasteiger partial charge in [0, 0.05) is 18.9 Å². The zero-order valence-electron chi connectivity index (χ0n) is 18.7. The minimum atomic E-state index is -1.16. The van der Waals surface area contributed by atoms with Crippen molar-refractivity contribution in [1.82, 2.24) is 10.6 Å². The van der Waals surface area contributed by atoms with Crippen LogP contribution in [0.15, 0.2) is 48.5 Å². The van der Waals surface area contributed by atoms with Crippen molar-refractivity contribution in [2.75, 3.05) is 13.2 Å². The Morgan fingerprint density at radius 1 is 1.06 bits per heavy atom. The van der Waals surface area contributed by atoms with Crippen molar-refractivity contribution in [2.45, 2.75) is 45.1 Å². The number of aliphatic carboxylic acids is 1. The molecule has 3 N–H and O–H groups in total. The van der Waals surface area contributed by atoms with Gasteiger partial charge in [0.15, 0.2) is 0 Å². The van der Waals surface area contributed by atoms with Crippen molar-refractivity contribution < 1.29 is 24.2 Å². The van der Waals surface area contributed by atoms with E-state index in [1.165, 1.54) is 0 Å². The molecule has 0 saturated heterocycles. The molecule has 2 aromatic carbocycles. The first-order valence-electron chi connectivity index (χ1n) is 10.9. The Bertz CT molecular complexity index is 960. The topological polar surface area (TPSA) is 105 Å². The van der Waals surface area contributed by atoms with E-state index in [0.29, 0.717) is 6.42 Å². The molecule has 1 aliphatic carbocycles. The summed E-state index contributed by atoms with van der Waals surface area (Å²) in [7, 11) is 0. The maximum Gasteiger partial charge on any atom is 0.408 e. The van der Waals surface area contributed by atoms with E-state index in [0.717, 1.165) is 22.3 Å². The first-order valence-corrected chi connectivity index (χ1v) is 10.9. The molecule has 32 heavy (non-hydrogen) atoms. The van der Waals surface area contributed by atoms with E-state index < -0.39 is 17.6 Å². The molecule has 1 aliphatic rings. The molecule has 0 saturated carbocycles. The lowest BCUT2D eigenvalue weighted by molar-refractivity contribution is -0.138. The molecule has 7 nitrogen and oxygen atoms in total. The first kappa shape index (κ1) is 23.3. The minimum absolute atomic E-state index is 0.0388. The van der Waals surface area contributed by atoms with Crippen LogP contribution in [0.4, 0.5) is 4.79 Å². The van der Waals surface area contributed by atoms with E-state index in [9.17, 15) is 14.4 Å². The number of hydrogen-bond donors (Lipinski definition) is 3. The molecule has 2 amide bonds. The number of fused-ring (bicyclic) bond motifs is 3. The quantitative estimate of drug-likeness (QED) is 0.550. The van der Waals surface area contributed by atoms with E-state index in [1.54, 1.807) is 20.8 Å². The molecule has 7 heteroatoms. The van der Waals surface area contributed by atoms with Crippen molar-refractivity contribution in [3.8, 4) is 11.1 Å². The molecule has 0 spiro atoms. The summed E-state index contributed by atoms with van der Waals surface area (Å²) in [6.07, 6.45) is -0.343. The van der Waals surface area contributed by atoms with Gasteiger partial charge in [-0.3, -0.25) is 9.59 Å². The molecule has 0 fully saturated rings. The maximum atomic E-state index is 12.7. The summed E-state index contributed by atoms with van der Waals surface area (Å²) in [5, 5.41) is 14.3. The van der Waals surface area contributed by atoms with Crippen molar-refractivity contribution >= 4 is 18.0 Å². The van der Waals surface area contributed by atoms with E-state index in [1.807, 2.05) is 36.4 Å². The number of alkyl carbamates (subject to hydrolysis) is 1. The molecular weight excluding hydrogens is 408 g/mol. The van der Waals surface area contributed by atoms with Gasteiger partial charge in [-0.05, 0) is 41.5 Å².